The number of alkyl halides is 3. The van der Waals surface area contributed by atoms with Crippen LogP contribution in [-0.2, 0) is 11.2 Å². The smallest absolute Gasteiger partial charge is 0.323 e. The van der Waals surface area contributed by atoms with Crippen LogP contribution in [0.5, 0.6) is 0 Å². The molecule has 0 bridgehead atoms. The lowest BCUT2D eigenvalue weighted by atomic mass is 9.90. The van der Waals surface area contributed by atoms with Crippen molar-refractivity contribution in [3.05, 3.63) is 65.9 Å². The molecule has 9 heteroatoms. The summed E-state index contributed by atoms with van der Waals surface area (Å²) in [5.41, 5.74) is -2.69. The summed E-state index contributed by atoms with van der Waals surface area (Å²) in [5.74, 6) is -0.466. The first-order valence-corrected chi connectivity index (χ1v) is 10.2. The number of halogens is 3. The molecule has 3 aromatic rings. The molecule has 3 amide bonds. The van der Waals surface area contributed by atoms with Gasteiger partial charge in [0.15, 0.2) is 0 Å². The topological polar surface area (TPSA) is 62.3 Å². The Kier molecular flexibility index (Phi) is 5.17. The van der Waals surface area contributed by atoms with Crippen LogP contribution in [0.25, 0.3) is 10.9 Å². The van der Waals surface area contributed by atoms with Crippen LogP contribution in [0.15, 0.2) is 59.6 Å². The predicted octanol–water partition coefficient (Wildman–Crippen LogP) is 5.21. The Morgan fingerprint density at radius 1 is 1.10 bits per heavy atom. The van der Waals surface area contributed by atoms with E-state index in [0.29, 0.717) is 0 Å². The van der Waals surface area contributed by atoms with E-state index in [0.717, 1.165) is 26.9 Å². The normalized spacial score (nSPS) is 19.2. The van der Waals surface area contributed by atoms with Crippen molar-refractivity contribution in [2.75, 3.05) is 4.90 Å². The first kappa shape index (κ1) is 21.2. The third-order valence-corrected chi connectivity index (χ3v) is 5.86. The monoisotopic (exact) mass is 445 g/mol. The SMILES string of the molecule is Cc1ccc2nccc(CC3(C)NC(=O)N(c4ccc(SC(F)(F)F)cc4)C3=O)c2c1. The van der Waals surface area contributed by atoms with Gasteiger partial charge in [-0.05, 0) is 73.6 Å². The fourth-order valence-electron chi connectivity index (χ4n) is 3.69. The maximum atomic E-state index is 13.2. The number of aromatic nitrogens is 1. The Morgan fingerprint density at radius 2 is 1.81 bits per heavy atom. The molecule has 2 aromatic carbocycles. The number of carbonyl (C=O) groups is 2. The Balaban J connectivity index is 1.61. The molecule has 1 atom stereocenters. The van der Waals surface area contributed by atoms with Gasteiger partial charge < -0.3 is 5.32 Å². The summed E-state index contributed by atoms with van der Waals surface area (Å²) >= 11 is -0.253. The molecule has 160 valence electrons. The Morgan fingerprint density at radius 3 is 2.48 bits per heavy atom. The zero-order chi connectivity index (χ0) is 22.4. The number of anilines is 1. The molecule has 0 spiro atoms. The zero-order valence-electron chi connectivity index (χ0n) is 16.7. The van der Waals surface area contributed by atoms with Crippen LogP contribution >= 0.6 is 11.8 Å². The highest BCUT2D eigenvalue weighted by atomic mass is 32.2. The maximum absolute atomic E-state index is 13.2. The summed E-state index contributed by atoms with van der Waals surface area (Å²) in [4.78, 5) is 31.1. The van der Waals surface area contributed by atoms with E-state index in [-0.39, 0.29) is 28.8 Å². The number of urea groups is 1. The fourth-order valence-corrected chi connectivity index (χ4v) is 4.23. The van der Waals surface area contributed by atoms with Crippen molar-refractivity contribution in [2.45, 2.75) is 36.2 Å². The van der Waals surface area contributed by atoms with Gasteiger partial charge in [0.05, 0.1) is 11.2 Å². The molecule has 1 N–H and O–H groups in total. The number of carbonyl (C=O) groups excluding carboxylic acids is 2. The van der Waals surface area contributed by atoms with Gasteiger partial charge in [0.25, 0.3) is 5.91 Å². The van der Waals surface area contributed by atoms with Crippen molar-refractivity contribution in [1.82, 2.24) is 10.3 Å². The molecule has 0 aliphatic carbocycles. The van der Waals surface area contributed by atoms with Crippen LogP contribution in [0.4, 0.5) is 23.7 Å². The number of fused-ring (bicyclic) bond motifs is 1. The highest BCUT2D eigenvalue weighted by Gasteiger charge is 2.48. The zero-order valence-corrected chi connectivity index (χ0v) is 17.5. The number of hydrogen-bond acceptors (Lipinski definition) is 4. The van der Waals surface area contributed by atoms with Gasteiger partial charge in [0, 0.05) is 22.9 Å². The number of nitrogens with zero attached hydrogens (tertiary/aromatic N) is 2. The number of aryl methyl sites for hydroxylation is 1. The highest BCUT2D eigenvalue weighted by molar-refractivity contribution is 8.00. The minimum absolute atomic E-state index is 0.0234. The number of imide groups is 1. The number of nitrogens with one attached hydrogen (secondary N) is 1. The van der Waals surface area contributed by atoms with E-state index in [9.17, 15) is 22.8 Å². The largest absolute Gasteiger partial charge is 0.446 e. The van der Waals surface area contributed by atoms with Crippen LogP contribution in [0, 0.1) is 6.92 Å². The average molecular weight is 445 g/mol. The molecule has 0 saturated carbocycles. The molecular weight excluding hydrogens is 427 g/mol. The number of benzene rings is 2. The Labute approximate surface area is 180 Å². The minimum atomic E-state index is -4.41. The summed E-state index contributed by atoms with van der Waals surface area (Å²) in [7, 11) is 0. The molecule has 2 heterocycles. The molecule has 1 aromatic heterocycles. The first-order valence-electron chi connectivity index (χ1n) is 9.42. The molecule has 0 radical (unpaired) electrons. The standard InChI is InChI=1S/C22H18F3N3O2S/c1-13-3-8-18-17(11-13)14(9-10-26-18)12-21(2)19(29)28(20(30)27-21)15-4-6-16(7-5-15)31-22(23,24)25/h3-11H,12H2,1-2H3,(H,27,30). The lowest BCUT2D eigenvalue weighted by Gasteiger charge is -2.22. The lowest BCUT2D eigenvalue weighted by Crippen LogP contribution is -2.46. The summed E-state index contributed by atoms with van der Waals surface area (Å²) in [6.07, 6.45) is 1.91. The maximum Gasteiger partial charge on any atom is 0.446 e. The van der Waals surface area contributed by atoms with Crippen molar-refractivity contribution in [3.63, 3.8) is 0 Å². The Hall–Kier alpha value is -3.07. The van der Waals surface area contributed by atoms with Crippen molar-refractivity contribution in [3.8, 4) is 0 Å². The summed E-state index contributed by atoms with van der Waals surface area (Å²) < 4.78 is 37.6. The third-order valence-electron chi connectivity index (χ3n) is 5.12. The van der Waals surface area contributed by atoms with Crippen LogP contribution in [-0.4, -0.2) is 28.0 Å². The Bertz CT molecular complexity index is 1180. The molecule has 5 nitrogen and oxygen atoms in total. The summed E-state index contributed by atoms with van der Waals surface area (Å²) in [5, 5.41) is 3.64. The highest BCUT2D eigenvalue weighted by Crippen LogP contribution is 2.38. The second-order valence-corrected chi connectivity index (χ2v) is 8.75. The van der Waals surface area contributed by atoms with E-state index >= 15 is 0 Å². The van der Waals surface area contributed by atoms with E-state index in [4.69, 9.17) is 0 Å². The second kappa shape index (κ2) is 7.56. The molecular formula is C22H18F3N3O2S. The van der Waals surface area contributed by atoms with Crippen LogP contribution in [0.2, 0.25) is 0 Å². The van der Waals surface area contributed by atoms with Gasteiger partial charge in [0.1, 0.15) is 5.54 Å². The number of thioether (sulfide) groups is 1. The summed E-state index contributed by atoms with van der Waals surface area (Å²) in [6.45, 7) is 3.60. The second-order valence-electron chi connectivity index (χ2n) is 7.61. The number of rotatable bonds is 4. The lowest BCUT2D eigenvalue weighted by molar-refractivity contribution is -0.121. The number of hydrogen-bond donors (Lipinski definition) is 1. The van der Waals surface area contributed by atoms with E-state index < -0.39 is 23.0 Å². The molecule has 31 heavy (non-hydrogen) atoms. The number of pyridine rings is 1. The molecule has 1 aliphatic rings. The van der Waals surface area contributed by atoms with Gasteiger partial charge in [-0.15, -0.1) is 0 Å². The predicted molar refractivity (Wildman–Crippen MR) is 113 cm³/mol. The average Bonchev–Trinajstić information content (AvgIpc) is 2.90. The quantitative estimate of drug-likeness (QED) is 0.442. The molecule has 1 fully saturated rings. The molecule has 1 saturated heterocycles. The summed E-state index contributed by atoms with van der Waals surface area (Å²) in [6, 6.07) is 12.2. The van der Waals surface area contributed by atoms with Crippen LogP contribution < -0.4 is 10.2 Å². The van der Waals surface area contributed by atoms with Crippen molar-refractivity contribution in [2.24, 2.45) is 0 Å². The van der Waals surface area contributed by atoms with Gasteiger partial charge >= 0.3 is 11.5 Å². The van der Waals surface area contributed by atoms with Crippen molar-refractivity contribution >= 4 is 40.3 Å². The van der Waals surface area contributed by atoms with Crippen molar-refractivity contribution in [1.29, 1.82) is 0 Å². The van der Waals surface area contributed by atoms with Crippen LogP contribution in [0.3, 0.4) is 0 Å². The van der Waals surface area contributed by atoms with E-state index in [1.54, 1.807) is 13.1 Å². The minimum Gasteiger partial charge on any atom is -0.323 e. The molecule has 4 rings (SSSR count). The molecule has 1 unspecified atom stereocenters. The van der Waals surface area contributed by atoms with Gasteiger partial charge in [0.2, 0.25) is 0 Å². The molecule has 1 aliphatic heterocycles. The van der Waals surface area contributed by atoms with Gasteiger partial charge in [-0.2, -0.15) is 13.2 Å². The van der Waals surface area contributed by atoms with E-state index in [1.165, 1.54) is 24.3 Å². The first-order chi connectivity index (χ1) is 14.6. The van der Waals surface area contributed by atoms with E-state index in [1.807, 2.05) is 31.2 Å². The third kappa shape index (κ3) is 4.23. The van der Waals surface area contributed by atoms with Gasteiger partial charge in [-0.3, -0.25) is 9.78 Å². The van der Waals surface area contributed by atoms with Gasteiger partial charge in [-0.25, -0.2) is 9.69 Å². The fraction of sp³-hybridized carbons (Fsp3) is 0.227. The van der Waals surface area contributed by atoms with E-state index in [2.05, 4.69) is 10.3 Å². The number of amides is 3. The van der Waals surface area contributed by atoms with Gasteiger partial charge in [-0.1, -0.05) is 11.6 Å². The van der Waals surface area contributed by atoms with Crippen LogP contribution in [0.1, 0.15) is 18.1 Å². The van der Waals surface area contributed by atoms with Crippen molar-refractivity contribution < 1.29 is 22.8 Å².